The smallest absolute Gasteiger partial charge is 0.392 e. The number of hydrogen-bond acceptors (Lipinski definition) is 5. The van der Waals surface area contributed by atoms with Crippen molar-refractivity contribution in [3.8, 4) is 0 Å². The molecule has 0 aliphatic heterocycles. The van der Waals surface area contributed by atoms with Crippen molar-refractivity contribution in [2.24, 2.45) is 5.92 Å². The van der Waals surface area contributed by atoms with Crippen molar-refractivity contribution < 1.29 is 14.0 Å². The second-order valence-electron chi connectivity index (χ2n) is 8.31. The number of carbonyl (C=O) groups is 2. The van der Waals surface area contributed by atoms with Crippen LogP contribution in [0.4, 0.5) is 0 Å². The highest BCUT2D eigenvalue weighted by Crippen LogP contribution is 2.08. The lowest BCUT2D eigenvalue weighted by atomic mass is 10.00. The lowest BCUT2D eigenvalue weighted by Gasteiger charge is -2.18. The first kappa shape index (κ1) is 23.9. The van der Waals surface area contributed by atoms with Crippen LogP contribution < -0.4 is 11.1 Å². The molecule has 1 atom stereocenters. The molecule has 0 unspecified atom stereocenters. The van der Waals surface area contributed by atoms with Crippen LogP contribution in [0.5, 0.6) is 0 Å². The Bertz CT molecular complexity index is 1130. The van der Waals surface area contributed by atoms with E-state index in [0.29, 0.717) is 19.3 Å². The van der Waals surface area contributed by atoms with E-state index in [9.17, 15) is 14.4 Å². The van der Waals surface area contributed by atoms with E-state index in [-0.39, 0.29) is 30.0 Å². The van der Waals surface area contributed by atoms with Gasteiger partial charge in [0.25, 0.3) is 0 Å². The molecule has 0 fully saturated rings. The van der Waals surface area contributed by atoms with Crippen LogP contribution in [-0.4, -0.2) is 27.5 Å². The van der Waals surface area contributed by atoms with Gasteiger partial charge in [-0.05, 0) is 36.0 Å². The highest BCUT2D eigenvalue weighted by atomic mass is 16.4. The van der Waals surface area contributed by atoms with Gasteiger partial charge in [-0.25, -0.2) is 4.79 Å². The van der Waals surface area contributed by atoms with Crippen molar-refractivity contribution in [1.29, 1.82) is 0 Å². The fourth-order valence-corrected chi connectivity index (χ4v) is 3.40. The first-order chi connectivity index (χ1) is 15.9. The van der Waals surface area contributed by atoms with Crippen molar-refractivity contribution >= 4 is 17.8 Å². The number of aryl methyl sites for hydroxylation is 2. The Morgan fingerprint density at radius 2 is 1.70 bits per heavy atom. The molecule has 0 aliphatic rings. The largest absolute Gasteiger partial charge is 0.437 e. The first-order valence-electron chi connectivity index (χ1n) is 11.1. The molecule has 0 spiro atoms. The summed E-state index contributed by atoms with van der Waals surface area (Å²) in [5.41, 5.74) is 1.99. The fourth-order valence-electron chi connectivity index (χ4n) is 3.40. The average Bonchev–Trinajstić information content (AvgIpc) is 3.16. The minimum atomic E-state index is -0.728. The molecule has 3 aromatic rings. The summed E-state index contributed by atoms with van der Waals surface area (Å²) in [5, 5.41) is 6.93. The summed E-state index contributed by atoms with van der Waals surface area (Å²) < 4.78 is 6.24. The Morgan fingerprint density at radius 1 is 1.03 bits per heavy atom. The van der Waals surface area contributed by atoms with E-state index < -0.39 is 11.8 Å². The predicted octanol–water partition coefficient (Wildman–Crippen LogP) is 3.43. The summed E-state index contributed by atoms with van der Waals surface area (Å²) in [6.45, 7) is 3.68. The standard InChI is InChI=1S/C26H29N3O4/c1-19(2)17-22(27-24(31)15-13-20-9-5-3-6-10-20)23(30)18-29-26(32)33-25(28-29)16-14-21-11-7-4-8-12-21/h3-13,15,19,22H,14,16-18H2,1-2H3,(H,27,31)/b15-13+/t22-/m0/s1. The SMILES string of the molecule is CC(C)C[C@H](NC(=O)/C=C/c1ccccc1)C(=O)Cn1nc(CCc2ccccc2)oc1=O. The molecule has 0 aliphatic carbocycles. The zero-order valence-electron chi connectivity index (χ0n) is 18.9. The van der Waals surface area contributed by atoms with E-state index >= 15 is 0 Å². The second-order valence-corrected chi connectivity index (χ2v) is 8.31. The Morgan fingerprint density at radius 3 is 2.36 bits per heavy atom. The van der Waals surface area contributed by atoms with E-state index in [1.807, 2.05) is 74.5 Å². The normalized spacial score (nSPS) is 12.2. The highest BCUT2D eigenvalue weighted by molar-refractivity contribution is 5.96. The van der Waals surface area contributed by atoms with Gasteiger partial charge >= 0.3 is 5.76 Å². The molecular formula is C26H29N3O4. The highest BCUT2D eigenvalue weighted by Gasteiger charge is 2.23. The van der Waals surface area contributed by atoms with Gasteiger partial charge < -0.3 is 9.73 Å². The van der Waals surface area contributed by atoms with Crippen LogP contribution in [0.3, 0.4) is 0 Å². The maximum Gasteiger partial charge on any atom is 0.437 e. The van der Waals surface area contributed by atoms with Crippen molar-refractivity contribution in [2.75, 3.05) is 0 Å². The lowest BCUT2D eigenvalue weighted by molar-refractivity contribution is -0.126. The van der Waals surface area contributed by atoms with E-state index in [2.05, 4.69) is 10.4 Å². The van der Waals surface area contributed by atoms with E-state index in [1.165, 1.54) is 6.08 Å². The third-order valence-electron chi connectivity index (χ3n) is 5.06. The average molecular weight is 448 g/mol. The predicted molar refractivity (Wildman–Crippen MR) is 126 cm³/mol. The van der Waals surface area contributed by atoms with Gasteiger partial charge in [0.15, 0.2) is 5.78 Å². The van der Waals surface area contributed by atoms with Crippen LogP contribution >= 0.6 is 0 Å². The number of Topliss-reactive ketones (excluding diaryl/α,β-unsaturated/α-hetero) is 1. The number of benzene rings is 2. The quantitative estimate of drug-likeness (QED) is 0.455. The van der Waals surface area contributed by atoms with E-state index in [1.54, 1.807) is 6.08 Å². The molecule has 0 radical (unpaired) electrons. The molecule has 2 aromatic carbocycles. The minimum absolute atomic E-state index is 0.174. The van der Waals surface area contributed by atoms with Gasteiger partial charge in [-0.1, -0.05) is 74.5 Å². The van der Waals surface area contributed by atoms with Crippen LogP contribution in [0.2, 0.25) is 0 Å². The van der Waals surface area contributed by atoms with Crippen molar-refractivity contribution in [2.45, 2.75) is 45.7 Å². The molecule has 0 saturated heterocycles. The third-order valence-corrected chi connectivity index (χ3v) is 5.06. The molecule has 1 amide bonds. The van der Waals surface area contributed by atoms with Gasteiger partial charge in [0.1, 0.15) is 6.54 Å². The molecule has 3 rings (SSSR count). The Labute approximate surface area is 193 Å². The Kier molecular flexibility index (Phi) is 8.52. The summed E-state index contributed by atoms with van der Waals surface area (Å²) in [6, 6.07) is 18.5. The summed E-state index contributed by atoms with van der Waals surface area (Å²) >= 11 is 0. The number of nitrogens with one attached hydrogen (secondary N) is 1. The van der Waals surface area contributed by atoms with Gasteiger partial charge in [-0.3, -0.25) is 9.59 Å². The molecule has 1 N–H and O–H groups in total. The molecule has 1 aromatic heterocycles. The maximum absolute atomic E-state index is 12.9. The van der Waals surface area contributed by atoms with Gasteiger partial charge in [0.2, 0.25) is 11.8 Å². The summed E-state index contributed by atoms with van der Waals surface area (Å²) in [4.78, 5) is 37.5. The molecule has 7 heteroatoms. The summed E-state index contributed by atoms with van der Waals surface area (Å²) in [7, 11) is 0. The molecule has 172 valence electrons. The van der Waals surface area contributed by atoms with Gasteiger partial charge in [0, 0.05) is 12.5 Å². The zero-order valence-corrected chi connectivity index (χ0v) is 18.9. The van der Waals surface area contributed by atoms with Crippen LogP contribution in [0.15, 0.2) is 76.0 Å². The number of hydrogen-bond donors (Lipinski definition) is 1. The fraction of sp³-hybridized carbons (Fsp3) is 0.308. The summed E-state index contributed by atoms with van der Waals surface area (Å²) in [6.07, 6.45) is 4.68. The number of nitrogens with zero attached hydrogens (tertiary/aromatic N) is 2. The van der Waals surface area contributed by atoms with E-state index in [4.69, 9.17) is 4.42 Å². The van der Waals surface area contributed by atoms with Crippen molar-refractivity contribution in [3.05, 3.63) is 94.3 Å². The molecule has 0 bridgehead atoms. The monoisotopic (exact) mass is 447 g/mol. The molecule has 33 heavy (non-hydrogen) atoms. The van der Waals surface area contributed by atoms with Gasteiger partial charge in [-0.2, -0.15) is 4.68 Å². The van der Waals surface area contributed by atoms with E-state index in [0.717, 1.165) is 15.8 Å². The number of amides is 1. The number of carbonyl (C=O) groups excluding carboxylic acids is 2. The number of ketones is 1. The van der Waals surface area contributed by atoms with Crippen molar-refractivity contribution in [1.82, 2.24) is 15.1 Å². The molecular weight excluding hydrogens is 418 g/mol. The van der Waals surface area contributed by atoms with Crippen LogP contribution in [-0.2, 0) is 29.0 Å². The molecule has 0 saturated carbocycles. The minimum Gasteiger partial charge on any atom is -0.392 e. The van der Waals surface area contributed by atoms with Crippen molar-refractivity contribution in [3.63, 3.8) is 0 Å². The van der Waals surface area contributed by atoms with Crippen LogP contribution in [0, 0.1) is 5.92 Å². The molecule has 1 heterocycles. The Hall–Kier alpha value is -3.74. The van der Waals surface area contributed by atoms with Crippen LogP contribution in [0.1, 0.15) is 37.3 Å². The maximum atomic E-state index is 12.9. The van der Waals surface area contributed by atoms with Gasteiger partial charge in [-0.15, -0.1) is 5.10 Å². The van der Waals surface area contributed by atoms with Gasteiger partial charge in [0.05, 0.1) is 6.04 Å². The lowest BCUT2D eigenvalue weighted by Crippen LogP contribution is -2.43. The summed E-state index contributed by atoms with van der Waals surface area (Å²) in [5.74, 6) is -0.881. The topological polar surface area (TPSA) is 94.2 Å². The second kappa shape index (κ2) is 11.8. The Balaban J connectivity index is 1.62. The number of rotatable bonds is 11. The molecule has 7 nitrogen and oxygen atoms in total. The first-order valence-corrected chi connectivity index (χ1v) is 11.1. The zero-order chi connectivity index (χ0) is 23.6. The van der Waals surface area contributed by atoms with Crippen LogP contribution in [0.25, 0.3) is 6.08 Å². The third kappa shape index (κ3) is 7.71. The number of aromatic nitrogens is 2.